The zero-order valence-electron chi connectivity index (χ0n) is 3.04. The Morgan fingerprint density at radius 2 is 1.40 bits per heavy atom. The molecule has 0 bridgehead atoms. The van der Waals surface area contributed by atoms with E-state index in [0.717, 1.165) is 0 Å². The van der Waals surface area contributed by atoms with Crippen molar-refractivity contribution in [1.82, 2.24) is 0 Å². The Labute approximate surface area is 69.6 Å². The third-order valence-corrected chi connectivity index (χ3v) is 0. The molecule has 0 atom stereocenters. The maximum absolute atomic E-state index is 4.61. The maximum atomic E-state index is 4.61. The van der Waals surface area contributed by atoms with Gasteiger partial charge >= 0.3 is 27.3 Å². The number of halogens is 2. The van der Waals surface area contributed by atoms with Gasteiger partial charge < -0.3 is 5.73 Å². The van der Waals surface area contributed by atoms with Crippen LogP contribution >= 0.6 is 30.4 Å². The molecule has 0 saturated heterocycles. The van der Waals surface area contributed by atoms with Crippen molar-refractivity contribution in [3.63, 3.8) is 0 Å². The Morgan fingerprint density at radius 3 is 1.40 bits per heavy atom. The number of hydrogen-bond acceptors (Lipinski definition) is 1. The molecular formula is CH7ClINPb. The Hall–Kier alpha value is 1.90. The molecule has 0 unspecified atom stereocenters. The van der Waals surface area contributed by atoms with Gasteiger partial charge in [0.2, 0.25) is 0 Å². The van der Waals surface area contributed by atoms with Gasteiger partial charge in [-0.05, 0) is 16.0 Å². The van der Waals surface area contributed by atoms with E-state index in [-0.39, 0.29) is 27.3 Å². The van der Waals surface area contributed by atoms with Crippen molar-refractivity contribution in [2.24, 2.45) is 5.73 Å². The fraction of sp³-hybridized carbons (Fsp3) is 1.00. The predicted octanol–water partition coefficient (Wildman–Crippen LogP) is 0.234. The molecule has 0 aliphatic rings. The quantitative estimate of drug-likeness (QED) is 0.456. The normalized spacial score (nSPS) is 2.40. The van der Waals surface area contributed by atoms with E-state index in [0.29, 0.717) is 0 Å². The van der Waals surface area contributed by atoms with Gasteiger partial charge in [-0.2, -0.15) is 0 Å². The number of hydrogen-bond donors (Lipinski definition) is 1. The van der Waals surface area contributed by atoms with Crippen LogP contribution in [0.25, 0.3) is 0 Å². The monoisotopic (exact) mass is 403 g/mol. The van der Waals surface area contributed by atoms with Crippen molar-refractivity contribution in [2.45, 2.75) is 0 Å². The van der Waals surface area contributed by atoms with E-state index in [1.807, 2.05) is 0 Å². The van der Waals surface area contributed by atoms with Gasteiger partial charge in [0, 0.05) is 21.5 Å². The summed E-state index contributed by atoms with van der Waals surface area (Å²) in [6.45, 7) is 0. The second kappa shape index (κ2) is 39.2. The van der Waals surface area contributed by atoms with Crippen LogP contribution in [0.1, 0.15) is 0 Å². The second-order valence-corrected chi connectivity index (χ2v) is 0. The van der Waals surface area contributed by atoms with Crippen LogP contribution in [0.4, 0.5) is 0 Å². The summed E-state index contributed by atoms with van der Waals surface area (Å²) in [4.78, 5) is 0. The van der Waals surface area contributed by atoms with Crippen molar-refractivity contribution in [3.8, 4) is 0 Å². The first-order valence-electron chi connectivity index (χ1n) is 0.720. The molecule has 0 aromatic carbocycles. The minimum absolute atomic E-state index is 0. The molecule has 2 radical (unpaired) electrons. The zero-order valence-corrected chi connectivity index (χ0v) is 11.5. The van der Waals surface area contributed by atoms with Crippen LogP contribution < -0.4 is 5.73 Å². The molecule has 1 nitrogen and oxygen atoms in total. The van der Waals surface area contributed by atoms with Crippen LogP contribution in [0.3, 0.4) is 0 Å². The molecule has 4 heteroatoms. The summed E-state index contributed by atoms with van der Waals surface area (Å²) in [5, 5.41) is 0. The predicted molar refractivity (Wildman–Crippen MR) is 38.5 cm³/mol. The molecule has 0 aromatic rings. The third kappa shape index (κ3) is 24.8. The zero-order chi connectivity index (χ0) is 4.00. The van der Waals surface area contributed by atoms with Crippen LogP contribution in [-0.4, -0.2) is 34.3 Å². The SMILES string of the molecule is CN.ClI.[PbH2]. The molecule has 5 heavy (non-hydrogen) atoms. The molecule has 0 spiro atoms. The first kappa shape index (κ1) is 15.8. The van der Waals surface area contributed by atoms with Gasteiger partial charge in [-0.3, -0.25) is 0 Å². The fourth-order valence-corrected chi connectivity index (χ4v) is 0. The van der Waals surface area contributed by atoms with Crippen molar-refractivity contribution in [2.75, 3.05) is 7.05 Å². The molecule has 0 aromatic heterocycles. The van der Waals surface area contributed by atoms with Crippen molar-refractivity contribution in [1.29, 1.82) is 0 Å². The molecule has 0 fully saturated rings. The summed E-state index contributed by atoms with van der Waals surface area (Å²) >= 11 is 1.62. The average molecular weight is 403 g/mol. The van der Waals surface area contributed by atoms with Crippen molar-refractivity contribution < 1.29 is 0 Å². The van der Waals surface area contributed by atoms with Gasteiger partial charge in [-0.25, -0.2) is 0 Å². The van der Waals surface area contributed by atoms with Gasteiger partial charge in [-0.1, -0.05) is 0 Å². The van der Waals surface area contributed by atoms with Crippen LogP contribution in [0.15, 0.2) is 0 Å². The van der Waals surface area contributed by atoms with E-state index >= 15 is 0 Å². The topological polar surface area (TPSA) is 26.0 Å². The summed E-state index contributed by atoms with van der Waals surface area (Å²) in [5.41, 5.74) is 4.50. The Morgan fingerprint density at radius 1 is 1.40 bits per heavy atom. The van der Waals surface area contributed by atoms with Gasteiger partial charge in [0.25, 0.3) is 0 Å². The van der Waals surface area contributed by atoms with Crippen molar-refractivity contribution in [3.05, 3.63) is 0 Å². The van der Waals surface area contributed by atoms with E-state index in [1.165, 1.54) is 7.05 Å². The van der Waals surface area contributed by atoms with E-state index in [1.54, 1.807) is 21.5 Å². The summed E-state index contributed by atoms with van der Waals surface area (Å²) in [6.07, 6.45) is 0. The third-order valence-electron chi connectivity index (χ3n) is 0. The number of nitrogens with two attached hydrogens (primary N) is 1. The Kier molecular flexibility index (Phi) is 124. The minimum atomic E-state index is 0. The first-order chi connectivity index (χ1) is 2.00. The Balaban J connectivity index is -0.0000000133. The van der Waals surface area contributed by atoms with Crippen molar-refractivity contribution >= 4 is 57.7 Å². The molecule has 2 N–H and O–H groups in total. The molecule has 0 aliphatic carbocycles. The van der Waals surface area contributed by atoms with E-state index in [9.17, 15) is 0 Å². The molecule has 34 valence electrons. The molecule has 0 rings (SSSR count). The molecular weight excluding hydrogens is 396 g/mol. The second-order valence-electron chi connectivity index (χ2n) is 0. The summed E-state index contributed by atoms with van der Waals surface area (Å²) in [6, 6.07) is 0. The molecule has 0 amide bonds. The van der Waals surface area contributed by atoms with Gasteiger partial charge in [0.1, 0.15) is 0 Å². The van der Waals surface area contributed by atoms with Gasteiger partial charge in [0.05, 0.1) is 0 Å². The molecule has 0 saturated carbocycles. The van der Waals surface area contributed by atoms with E-state index in [4.69, 9.17) is 0 Å². The van der Waals surface area contributed by atoms with E-state index in [2.05, 4.69) is 14.6 Å². The molecule has 0 aliphatic heterocycles. The van der Waals surface area contributed by atoms with Crippen LogP contribution in [-0.2, 0) is 0 Å². The summed E-state index contributed by atoms with van der Waals surface area (Å²) < 4.78 is 0. The van der Waals surface area contributed by atoms with Crippen LogP contribution in [0, 0.1) is 0 Å². The van der Waals surface area contributed by atoms with Gasteiger partial charge in [-0.15, -0.1) is 0 Å². The fourth-order valence-electron chi connectivity index (χ4n) is 0. The summed E-state index contributed by atoms with van der Waals surface area (Å²) in [7, 11) is 6.11. The Bertz CT molecular complexity index is 11.6. The average Bonchev–Trinajstić information content (AvgIpc) is 1.50. The summed E-state index contributed by atoms with van der Waals surface area (Å²) in [5.74, 6) is 0. The van der Waals surface area contributed by atoms with Crippen LogP contribution in [0.5, 0.6) is 0 Å². The number of rotatable bonds is 0. The van der Waals surface area contributed by atoms with E-state index < -0.39 is 0 Å². The van der Waals surface area contributed by atoms with Crippen LogP contribution in [0.2, 0.25) is 0 Å². The van der Waals surface area contributed by atoms with Gasteiger partial charge in [0.15, 0.2) is 0 Å². The first-order valence-corrected chi connectivity index (χ1v) is 3.45. The standard InChI is InChI=1S/CH5N.ClI.Pb.2H/c2*1-2;;;/h2H2,1H3;;;;. The molecule has 0 heterocycles.